The van der Waals surface area contributed by atoms with Crippen molar-refractivity contribution in [2.24, 2.45) is 5.92 Å². The van der Waals surface area contributed by atoms with Gasteiger partial charge < -0.3 is 0 Å². The normalized spacial score (nSPS) is 13.2. The Labute approximate surface area is 153 Å². The lowest BCUT2D eigenvalue weighted by molar-refractivity contribution is -0.122. The van der Waals surface area contributed by atoms with Gasteiger partial charge in [-0.05, 0) is 12.3 Å². The maximum Gasteiger partial charge on any atom is 0.397 e. The summed E-state index contributed by atoms with van der Waals surface area (Å²) in [5, 5.41) is 0. The molecule has 7 nitrogen and oxygen atoms in total. The van der Waals surface area contributed by atoms with E-state index in [0.717, 1.165) is 19.3 Å². The summed E-state index contributed by atoms with van der Waals surface area (Å²) in [6.45, 7) is 5.69. The molecule has 1 amide bonds. The van der Waals surface area contributed by atoms with Crippen LogP contribution in [-0.4, -0.2) is 31.5 Å². The molecule has 1 atom stereocenters. The van der Waals surface area contributed by atoms with Gasteiger partial charge >= 0.3 is 10.4 Å². The van der Waals surface area contributed by atoms with Gasteiger partial charge in [-0.2, -0.15) is 8.42 Å². The van der Waals surface area contributed by atoms with Gasteiger partial charge in [0.25, 0.3) is 0 Å². The van der Waals surface area contributed by atoms with Crippen LogP contribution < -0.4 is 10.9 Å². The standard InChI is InChI=1S/C17H36N2O5S/c1-4-5-6-7-8-9-10-11-12-13-17(20)19-18-16(15(2)3)14-24-25(21,22)23/h15-16,18H,4-14H2,1-3H3,(H,19,20)(H,21,22,23). The van der Waals surface area contributed by atoms with Crippen molar-refractivity contribution in [2.75, 3.05) is 6.61 Å². The fourth-order valence-electron chi connectivity index (χ4n) is 2.39. The number of rotatable bonds is 16. The molecular weight excluding hydrogens is 344 g/mol. The quantitative estimate of drug-likeness (QED) is 0.215. The fourth-order valence-corrected chi connectivity index (χ4v) is 2.71. The summed E-state index contributed by atoms with van der Waals surface area (Å²) >= 11 is 0. The molecule has 0 radical (unpaired) electrons. The third kappa shape index (κ3) is 16.5. The van der Waals surface area contributed by atoms with E-state index in [-0.39, 0.29) is 18.4 Å². The van der Waals surface area contributed by atoms with E-state index in [1.807, 2.05) is 13.8 Å². The Morgan fingerprint density at radius 1 is 1.00 bits per heavy atom. The molecule has 3 N–H and O–H groups in total. The van der Waals surface area contributed by atoms with Crippen molar-refractivity contribution < 1.29 is 21.9 Å². The van der Waals surface area contributed by atoms with E-state index in [1.54, 1.807) is 0 Å². The SMILES string of the molecule is CCCCCCCCCCCC(=O)NNC(COS(=O)(=O)O)C(C)C. The lowest BCUT2D eigenvalue weighted by Crippen LogP contribution is -2.49. The molecule has 25 heavy (non-hydrogen) atoms. The summed E-state index contributed by atoms with van der Waals surface area (Å²) < 4.78 is 34.2. The monoisotopic (exact) mass is 380 g/mol. The molecule has 0 rings (SSSR count). The predicted octanol–water partition coefficient (Wildman–Crippen LogP) is 3.37. The summed E-state index contributed by atoms with van der Waals surface area (Å²) in [6.07, 6.45) is 11.2. The van der Waals surface area contributed by atoms with Crippen molar-refractivity contribution in [1.29, 1.82) is 0 Å². The second-order valence-corrected chi connectivity index (χ2v) is 7.92. The summed E-state index contributed by atoms with van der Waals surface area (Å²) in [5.74, 6) is -0.102. The molecule has 8 heteroatoms. The van der Waals surface area contributed by atoms with E-state index in [1.165, 1.54) is 38.5 Å². The first-order chi connectivity index (χ1) is 11.8. The first-order valence-corrected chi connectivity index (χ1v) is 10.8. The first kappa shape index (κ1) is 24.3. The minimum Gasteiger partial charge on any atom is -0.291 e. The molecule has 0 heterocycles. The Kier molecular flexibility index (Phi) is 14.1. The van der Waals surface area contributed by atoms with Crippen molar-refractivity contribution in [2.45, 2.75) is 91.0 Å². The van der Waals surface area contributed by atoms with Crippen molar-refractivity contribution in [3.05, 3.63) is 0 Å². The zero-order valence-electron chi connectivity index (χ0n) is 15.9. The molecule has 0 aliphatic heterocycles. The highest BCUT2D eigenvalue weighted by Crippen LogP contribution is 2.10. The van der Waals surface area contributed by atoms with Crippen LogP contribution in [-0.2, 0) is 19.4 Å². The number of amides is 1. The zero-order chi connectivity index (χ0) is 19.1. The third-order valence-electron chi connectivity index (χ3n) is 4.11. The topological polar surface area (TPSA) is 105 Å². The summed E-state index contributed by atoms with van der Waals surface area (Å²) in [6, 6.07) is -0.408. The molecule has 0 bridgehead atoms. The highest BCUT2D eigenvalue weighted by Gasteiger charge is 2.17. The van der Waals surface area contributed by atoms with Crippen LogP contribution in [0, 0.1) is 5.92 Å². The number of carbonyl (C=O) groups is 1. The van der Waals surface area contributed by atoms with E-state index in [2.05, 4.69) is 22.0 Å². The van der Waals surface area contributed by atoms with Crippen LogP contribution in [0.3, 0.4) is 0 Å². The van der Waals surface area contributed by atoms with Crippen LogP contribution in [0.15, 0.2) is 0 Å². The van der Waals surface area contributed by atoms with Crippen LogP contribution in [0.1, 0.15) is 85.0 Å². The van der Waals surface area contributed by atoms with E-state index < -0.39 is 16.4 Å². The molecule has 0 fully saturated rings. The van der Waals surface area contributed by atoms with E-state index in [0.29, 0.717) is 6.42 Å². The molecule has 0 aromatic carbocycles. The maximum atomic E-state index is 11.8. The minimum atomic E-state index is -4.47. The van der Waals surface area contributed by atoms with Gasteiger partial charge in [0.2, 0.25) is 5.91 Å². The average molecular weight is 381 g/mol. The van der Waals surface area contributed by atoms with Gasteiger partial charge in [0.15, 0.2) is 0 Å². The highest BCUT2D eigenvalue weighted by atomic mass is 32.3. The van der Waals surface area contributed by atoms with Crippen LogP contribution in [0.4, 0.5) is 0 Å². The molecule has 1 unspecified atom stereocenters. The number of hydrogen-bond donors (Lipinski definition) is 3. The van der Waals surface area contributed by atoms with Gasteiger partial charge in [0.1, 0.15) is 0 Å². The van der Waals surface area contributed by atoms with Crippen LogP contribution in [0.2, 0.25) is 0 Å². The molecule has 0 saturated carbocycles. The molecule has 0 spiro atoms. The Morgan fingerprint density at radius 2 is 1.52 bits per heavy atom. The van der Waals surface area contributed by atoms with E-state index in [4.69, 9.17) is 4.55 Å². The minimum absolute atomic E-state index is 0.0229. The summed E-state index contributed by atoms with van der Waals surface area (Å²) in [5.41, 5.74) is 5.35. The molecule has 0 saturated heterocycles. The van der Waals surface area contributed by atoms with Crippen molar-refractivity contribution in [1.82, 2.24) is 10.9 Å². The second kappa shape index (κ2) is 14.5. The van der Waals surface area contributed by atoms with Crippen LogP contribution in [0.25, 0.3) is 0 Å². The third-order valence-corrected chi connectivity index (χ3v) is 4.54. The van der Waals surface area contributed by atoms with Crippen molar-refractivity contribution >= 4 is 16.3 Å². The second-order valence-electron chi connectivity index (χ2n) is 6.83. The Balaban J connectivity index is 3.72. The van der Waals surface area contributed by atoms with E-state index >= 15 is 0 Å². The first-order valence-electron chi connectivity index (χ1n) is 9.42. The fraction of sp³-hybridized carbons (Fsp3) is 0.941. The van der Waals surface area contributed by atoms with Gasteiger partial charge in [-0.15, -0.1) is 0 Å². The number of hydrazine groups is 1. The molecule has 0 aromatic heterocycles. The molecule has 0 aliphatic carbocycles. The van der Waals surface area contributed by atoms with Crippen molar-refractivity contribution in [3.63, 3.8) is 0 Å². The van der Waals surface area contributed by atoms with Crippen molar-refractivity contribution in [3.8, 4) is 0 Å². The largest absolute Gasteiger partial charge is 0.397 e. The van der Waals surface area contributed by atoms with Gasteiger partial charge in [-0.1, -0.05) is 72.1 Å². The number of unbranched alkanes of at least 4 members (excludes halogenated alkanes) is 8. The Hall–Kier alpha value is -0.700. The van der Waals surface area contributed by atoms with Gasteiger partial charge in [0, 0.05) is 6.42 Å². The number of nitrogens with one attached hydrogen (secondary N) is 2. The number of hydrogen-bond acceptors (Lipinski definition) is 5. The smallest absolute Gasteiger partial charge is 0.291 e. The van der Waals surface area contributed by atoms with Gasteiger partial charge in [0.05, 0.1) is 12.6 Å². The molecular formula is C17H36N2O5S. The summed E-state index contributed by atoms with van der Waals surface area (Å²) in [7, 11) is -4.47. The maximum absolute atomic E-state index is 11.8. The van der Waals surface area contributed by atoms with Crippen LogP contribution in [0.5, 0.6) is 0 Å². The lowest BCUT2D eigenvalue weighted by Gasteiger charge is -2.21. The lowest BCUT2D eigenvalue weighted by atomic mass is 10.1. The van der Waals surface area contributed by atoms with Crippen LogP contribution >= 0.6 is 0 Å². The zero-order valence-corrected chi connectivity index (χ0v) is 16.7. The highest BCUT2D eigenvalue weighted by molar-refractivity contribution is 7.80. The Morgan fingerprint density at radius 3 is 2.00 bits per heavy atom. The van der Waals surface area contributed by atoms with E-state index in [9.17, 15) is 13.2 Å². The molecule has 0 aliphatic rings. The Bertz CT molecular complexity index is 440. The molecule has 0 aromatic rings. The summed E-state index contributed by atoms with van der Waals surface area (Å²) in [4.78, 5) is 11.8. The van der Waals surface area contributed by atoms with Gasteiger partial charge in [-0.25, -0.2) is 9.61 Å². The number of carbonyl (C=O) groups excluding carboxylic acids is 1. The predicted molar refractivity (Wildman–Crippen MR) is 99.2 cm³/mol. The molecule has 150 valence electrons. The van der Waals surface area contributed by atoms with Gasteiger partial charge in [-0.3, -0.25) is 14.8 Å². The average Bonchev–Trinajstić information content (AvgIpc) is 2.51.